The zero-order valence-electron chi connectivity index (χ0n) is 12.8. The van der Waals surface area contributed by atoms with Crippen molar-refractivity contribution in [3.05, 3.63) is 46.8 Å². The minimum atomic E-state index is -0.120. The van der Waals surface area contributed by atoms with E-state index in [0.29, 0.717) is 12.2 Å². The van der Waals surface area contributed by atoms with Crippen LogP contribution in [0.2, 0.25) is 0 Å². The predicted molar refractivity (Wildman–Crippen MR) is 84.0 cm³/mol. The first-order chi connectivity index (χ1) is 10.8. The van der Waals surface area contributed by atoms with E-state index in [9.17, 15) is 4.79 Å². The highest BCUT2D eigenvalue weighted by molar-refractivity contribution is 5.94. The number of hydrogen-bond acceptors (Lipinski definition) is 3. The number of nitrogens with zero attached hydrogens (tertiary/aromatic N) is 1. The van der Waals surface area contributed by atoms with Crippen molar-refractivity contribution in [2.24, 2.45) is 0 Å². The number of aromatic nitrogens is 2. The molecule has 3 rings (SSSR count). The van der Waals surface area contributed by atoms with Gasteiger partial charge in [-0.3, -0.25) is 9.89 Å². The summed E-state index contributed by atoms with van der Waals surface area (Å²) < 4.78 is 5.30. The standard InChI is InChI=1S/C17H21N3O2/c1-22-15-10-6-5-7-12(15)11-18-17(21)16-13-8-3-2-4-9-14(13)19-20-16/h5-7,10H,2-4,8-9,11H2,1H3,(H,18,21)(H,19,20). The van der Waals surface area contributed by atoms with E-state index in [1.54, 1.807) is 7.11 Å². The lowest BCUT2D eigenvalue weighted by Gasteiger charge is -2.09. The molecule has 1 aromatic heterocycles. The number of nitrogens with one attached hydrogen (secondary N) is 2. The van der Waals surface area contributed by atoms with Crippen LogP contribution in [-0.2, 0) is 19.4 Å². The zero-order valence-corrected chi connectivity index (χ0v) is 12.8. The first kappa shape index (κ1) is 14.6. The number of amides is 1. The summed E-state index contributed by atoms with van der Waals surface area (Å²) in [4.78, 5) is 12.4. The maximum atomic E-state index is 12.4. The summed E-state index contributed by atoms with van der Waals surface area (Å²) >= 11 is 0. The van der Waals surface area contributed by atoms with Gasteiger partial charge in [0.25, 0.3) is 5.91 Å². The number of aromatic amines is 1. The molecule has 0 saturated heterocycles. The molecule has 5 nitrogen and oxygen atoms in total. The molecule has 2 aromatic rings. The van der Waals surface area contributed by atoms with Gasteiger partial charge in [0.15, 0.2) is 5.69 Å². The monoisotopic (exact) mass is 299 g/mol. The van der Waals surface area contributed by atoms with E-state index >= 15 is 0 Å². The van der Waals surface area contributed by atoms with Crippen molar-refractivity contribution in [3.8, 4) is 5.75 Å². The van der Waals surface area contributed by atoms with Crippen LogP contribution in [-0.4, -0.2) is 23.2 Å². The Kier molecular flexibility index (Phi) is 4.42. The molecule has 0 aliphatic heterocycles. The molecule has 0 fully saturated rings. The van der Waals surface area contributed by atoms with E-state index in [0.717, 1.165) is 48.3 Å². The van der Waals surface area contributed by atoms with Gasteiger partial charge in [0.2, 0.25) is 0 Å². The number of carbonyl (C=O) groups excluding carboxylic acids is 1. The molecule has 0 saturated carbocycles. The maximum absolute atomic E-state index is 12.4. The first-order valence-electron chi connectivity index (χ1n) is 7.76. The van der Waals surface area contributed by atoms with E-state index in [2.05, 4.69) is 15.5 Å². The molecule has 5 heteroatoms. The molecular formula is C17H21N3O2. The molecule has 2 N–H and O–H groups in total. The molecule has 0 unspecified atom stereocenters. The second-order valence-corrected chi connectivity index (χ2v) is 5.58. The number of hydrogen-bond donors (Lipinski definition) is 2. The van der Waals surface area contributed by atoms with E-state index in [1.165, 1.54) is 6.42 Å². The van der Waals surface area contributed by atoms with Crippen LogP contribution in [0.25, 0.3) is 0 Å². The van der Waals surface area contributed by atoms with E-state index < -0.39 is 0 Å². The first-order valence-corrected chi connectivity index (χ1v) is 7.76. The van der Waals surface area contributed by atoms with Crippen LogP contribution in [0.1, 0.15) is 46.6 Å². The molecule has 22 heavy (non-hydrogen) atoms. The lowest BCUT2D eigenvalue weighted by atomic mass is 10.1. The Morgan fingerprint density at radius 2 is 2.09 bits per heavy atom. The van der Waals surface area contributed by atoms with Crippen LogP contribution in [0.4, 0.5) is 0 Å². The van der Waals surface area contributed by atoms with Gasteiger partial charge in [0.1, 0.15) is 5.75 Å². The number of methoxy groups -OCH3 is 1. The van der Waals surface area contributed by atoms with E-state index in [1.807, 2.05) is 24.3 Å². The van der Waals surface area contributed by atoms with Gasteiger partial charge in [-0.2, -0.15) is 5.10 Å². The fourth-order valence-corrected chi connectivity index (χ4v) is 2.95. The van der Waals surface area contributed by atoms with Gasteiger partial charge in [-0.1, -0.05) is 24.6 Å². The summed E-state index contributed by atoms with van der Waals surface area (Å²) in [6.07, 6.45) is 5.42. The summed E-state index contributed by atoms with van der Waals surface area (Å²) in [5.41, 5.74) is 3.72. The third-order valence-corrected chi connectivity index (χ3v) is 4.15. The van der Waals surface area contributed by atoms with Crippen molar-refractivity contribution in [3.63, 3.8) is 0 Å². The van der Waals surface area contributed by atoms with Crippen LogP contribution < -0.4 is 10.1 Å². The highest BCUT2D eigenvalue weighted by atomic mass is 16.5. The number of benzene rings is 1. The Labute approximate surface area is 130 Å². The normalized spacial score (nSPS) is 14.0. The molecule has 1 aliphatic rings. The van der Waals surface area contributed by atoms with Crippen molar-refractivity contribution < 1.29 is 9.53 Å². The zero-order chi connectivity index (χ0) is 15.4. The summed E-state index contributed by atoms with van der Waals surface area (Å²) in [7, 11) is 1.63. The second-order valence-electron chi connectivity index (χ2n) is 5.58. The quantitative estimate of drug-likeness (QED) is 0.853. The minimum Gasteiger partial charge on any atom is -0.496 e. The van der Waals surface area contributed by atoms with Gasteiger partial charge in [0.05, 0.1) is 7.11 Å². The average Bonchev–Trinajstić information content (AvgIpc) is 2.81. The number of H-pyrrole nitrogens is 1. The van der Waals surface area contributed by atoms with Crippen molar-refractivity contribution in [2.45, 2.75) is 38.6 Å². The van der Waals surface area contributed by atoms with Crippen LogP contribution in [0.5, 0.6) is 5.75 Å². The molecule has 1 heterocycles. The number of ether oxygens (including phenoxy) is 1. The molecule has 0 bridgehead atoms. The van der Waals surface area contributed by atoms with Crippen LogP contribution >= 0.6 is 0 Å². The fourth-order valence-electron chi connectivity index (χ4n) is 2.95. The molecule has 0 spiro atoms. The van der Waals surface area contributed by atoms with Crippen molar-refractivity contribution in [1.82, 2.24) is 15.5 Å². The van der Waals surface area contributed by atoms with Crippen LogP contribution in [0.15, 0.2) is 24.3 Å². The van der Waals surface area contributed by atoms with Crippen molar-refractivity contribution in [1.29, 1.82) is 0 Å². The predicted octanol–water partition coefficient (Wildman–Crippen LogP) is 2.62. The molecular weight excluding hydrogens is 278 g/mol. The van der Waals surface area contributed by atoms with Gasteiger partial charge in [0, 0.05) is 23.4 Å². The Morgan fingerprint density at radius 1 is 1.27 bits per heavy atom. The smallest absolute Gasteiger partial charge is 0.272 e. The SMILES string of the molecule is COc1ccccc1CNC(=O)c1n[nH]c2c1CCCCC2. The lowest BCUT2D eigenvalue weighted by molar-refractivity contribution is 0.0944. The molecule has 0 radical (unpaired) electrons. The van der Waals surface area contributed by atoms with Crippen molar-refractivity contribution >= 4 is 5.91 Å². The van der Waals surface area contributed by atoms with E-state index in [4.69, 9.17) is 4.74 Å². The van der Waals surface area contributed by atoms with Gasteiger partial charge in [-0.15, -0.1) is 0 Å². The summed E-state index contributed by atoms with van der Waals surface area (Å²) in [5, 5.41) is 10.2. The van der Waals surface area contributed by atoms with Crippen LogP contribution in [0.3, 0.4) is 0 Å². The average molecular weight is 299 g/mol. The minimum absolute atomic E-state index is 0.120. The highest BCUT2D eigenvalue weighted by Gasteiger charge is 2.20. The third-order valence-electron chi connectivity index (χ3n) is 4.15. The summed E-state index contributed by atoms with van der Waals surface area (Å²) in [5.74, 6) is 0.661. The van der Waals surface area contributed by atoms with Gasteiger partial charge >= 0.3 is 0 Å². The number of aryl methyl sites for hydroxylation is 1. The molecule has 1 aromatic carbocycles. The third kappa shape index (κ3) is 2.98. The summed E-state index contributed by atoms with van der Waals surface area (Å²) in [6.45, 7) is 0.435. The van der Waals surface area contributed by atoms with Crippen molar-refractivity contribution in [2.75, 3.05) is 7.11 Å². The van der Waals surface area contributed by atoms with Gasteiger partial charge in [-0.25, -0.2) is 0 Å². The topological polar surface area (TPSA) is 67.0 Å². The number of fused-ring (bicyclic) bond motifs is 1. The lowest BCUT2D eigenvalue weighted by Crippen LogP contribution is -2.24. The number of rotatable bonds is 4. The van der Waals surface area contributed by atoms with Crippen LogP contribution in [0, 0.1) is 0 Å². The second kappa shape index (κ2) is 6.64. The largest absolute Gasteiger partial charge is 0.496 e. The number of para-hydroxylation sites is 1. The fraction of sp³-hybridized carbons (Fsp3) is 0.412. The molecule has 116 valence electrons. The molecule has 1 amide bonds. The highest BCUT2D eigenvalue weighted by Crippen LogP contribution is 2.22. The van der Waals surface area contributed by atoms with Gasteiger partial charge in [-0.05, 0) is 31.7 Å². The Bertz CT molecular complexity index is 664. The number of carbonyl (C=O) groups is 1. The summed E-state index contributed by atoms with van der Waals surface area (Å²) in [6, 6.07) is 7.69. The van der Waals surface area contributed by atoms with Gasteiger partial charge < -0.3 is 10.1 Å². The Balaban J connectivity index is 1.71. The van der Waals surface area contributed by atoms with E-state index in [-0.39, 0.29) is 5.91 Å². The maximum Gasteiger partial charge on any atom is 0.272 e. The Morgan fingerprint density at radius 3 is 2.95 bits per heavy atom. The molecule has 0 atom stereocenters. The Hall–Kier alpha value is -2.30. The molecule has 1 aliphatic carbocycles.